The topological polar surface area (TPSA) is 80.1 Å². The van der Waals surface area contributed by atoms with Gasteiger partial charge in [-0.25, -0.2) is 4.39 Å². The molecule has 0 unspecified atom stereocenters. The van der Waals surface area contributed by atoms with Crippen LogP contribution in [-0.4, -0.2) is 44.6 Å². The van der Waals surface area contributed by atoms with Crippen LogP contribution in [0.5, 0.6) is 0 Å². The van der Waals surface area contributed by atoms with Gasteiger partial charge in [0.25, 0.3) is 11.8 Å². The first-order valence-corrected chi connectivity index (χ1v) is 12.3. The molecule has 1 aliphatic rings. The quantitative estimate of drug-likeness (QED) is 0.411. The number of amides is 2. The van der Waals surface area contributed by atoms with Gasteiger partial charge in [-0.3, -0.25) is 19.3 Å². The number of nitrogens with one attached hydrogen (secondary N) is 1. The Bertz CT molecular complexity index is 1440. The van der Waals surface area contributed by atoms with Crippen molar-refractivity contribution in [1.29, 1.82) is 0 Å². The maximum atomic E-state index is 14.0. The van der Waals surface area contributed by atoms with Gasteiger partial charge < -0.3 is 10.2 Å². The molecule has 8 heteroatoms. The third kappa shape index (κ3) is 5.28. The summed E-state index contributed by atoms with van der Waals surface area (Å²) in [7, 11) is 1.91. The Hall–Kier alpha value is -4.33. The van der Waals surface area contributed by atoms with Crippen molar-refractivity contribution >= 4 is 17.5 Å². The molecule has 2 aromatic heterocycles. The number of anilines is 1. The van der Waals surface area contributed by atoms with E-state index in [0.29, 0.717) is 30.3 Å². The van der Waals surface area contributed by atoms with Gasteiger partial charge in [0.2, 0.25) is 0 Å². The maximum absolute atomic E-state index is 14.0. The van der Waals surface area contributed by atoms with Crippen molar-refractivity contribution < 1.29 is 14.0 Å². The van der Waals surface area contributed by atoms with Crippen molar-refractivity contribution in [1.82, 2.24) is 19.7 Å². The van der Waals surface area contributed by atoms with Crippen LogP contribution in [0.3, 0.4) is 0 Å². The van der Waals surface area contributed by atoms with Gasteiger partial charge in [0.05, 0.1) is 18.0 Å². The molecule has 3 heterocycles. The maximum Gasteiger partial charge on any atom is 0.258 e. The van der Waals surface area contributed by atoms with E-state index in [9.17, 15) is 14.0 Å². The van der Waals surface area contributed by atoms with E-state index in [2.05, 4.69) is 39.7 Å². The Morgan fingerprint density at radius 1 is 1.00 bits per heavy atom. The molecule has 0 atom stereocenters. The standard InChI is InChI=1S/C29H28FN5O2/c1-19-3-4-23(15-27(19)33-28(36)25-9-12-31-17-26(25)30)29(37)35-13-10-22(11-14-35)20-5-7-21(8-6-20)24-16-32-34(2)18-24/h3-9,12,15-18,22H,10-11,13-14H2,1-2H3,(H,33,36). The lowest BCUT2D eigenvalue weighted by Gasteiger charge is -2.32. The summed E-state index contributed by atoms with van der Waals surface area (Å²) in [5.41, 5.74) is 5.18. The van der Waals surface area contributed by atoms with Gasteiger partial charge in [-0.15, -0.1) is 0 Å². The molecule has 7 nitrogen and oxygen atoms in total. The van der Waals surface area contributed by atoms with Crippen molar-refractivity contribution in [2.24, 2.45) is 7.05 Å². The molecule has 5 rings (SSSR count). The molecule has 2 aromatic carbocycles. The zero-order valence-electron chi connectivity index (χ0n) is 20.8. The smallest absolute Gasteiger partial charge is 0.258 e. The number of aromatic nitrogens is 3. The minimum Gasteiger partial charge on any atom is -0.339 e. The normalized spacial score (nSPS) is 14.0. The number of likely N-dealkylation sites (tertiary alicyclic amines) is 1. The highest BCUT2D eigenvalue weighted by atomic mass is 19.1. The van der Waals surface area contributed by atoms with Crippen LogP contribution in [0.2, 0.25) is 0 Å². The second-order valence-electron chi connectivity index (χ2n) is 9.43. The van der Waals surface area contributed by atoms with E-state index in [-0.39, 0.29) is 11.5 Å². The molecule has 188 valence electrons. The van der Waals surface area contributed by atoms with Gasteiger partial charge >= 0.3 is 0 Å². The van der Waals surface area contributed by atoms with Crippen LogP contribution in [0.15, 0.2) is 73.3 Å². The van der Waals surface area contributed by atoms with Crippen molar-refractivity contribution in [3.63, 3.8) is 0 Å². The van der Waals surface area contributed by atoms with Gasteiger partial charge in [-0.05, 0) is 60.6 Å². The Morgan fingerprint density at radius 2 is 1.76 bits per heavy atom. The average Bonchev–Trinajstić information content (AvgIpc) is 3.36. The van der Waals surface area contributed by atoms with Gasteiger partial charge in [-0.2, -0.15) is 5.10 Å². The van der Waals surface area contributed by atoms with E-state index in [1.165, 1.54) is 17.8 Å². The number of benzene rings is 2. The summed E-state index contributed by atoms with van der Waals surface area (Å²) >= 11 is 0. The van der Waals surface area contributed by atoms with E-state index < -0.39 is 11.7 Å². The lowest BCUT2D eigenvalue weighted by Crippen LogP contribution is -2.38. The summed E-state index contributed by atoms with van der Waals surface area (Å²) in [6.07, 6.45) is 7.99. The van der Waals surface area contributed by atoms with E-state index in [0.717, 1.165) is 35.7 Å². The molecule has 0 radical (unpaired) electrons. The van der Waals surface area contributed by atoms with E-state index in [1.54, 1.807) is 22.9 Å². The monoisotopic (exact) mass is 497 g/mol. The number of rotatable bonds is 5. The molecule has 0 spiro atoms. The van der Waals surface area contributed by atoms with Crippen LogP contribution >= 0.6 is 0 Å². The number of hydrogen-bond acceptors (Lipinski definition) is 4. The van der Waals surface area contributed by atoms with Crippen molar-refractivity contribution in [3.8, 4) is 11.1 Å². The lowest BCUT2D eigenvalue weighted by molar-refractivity contribution is 0.0712. The number of aryl methyl sites for hydroxylation is 2. The Kier molecular flexibility index (Phi) is 6.81. The summed E-state index contributed by atoms with van der Waals surface area (Å²) in [5.74, 6) is -0.950. The number of carbonyl (C=O) groups excluding carboxylic acids is 2. The molecule has 0 aliphatic carbocycles. The molecule has 1 fully saturated rings. The Labute approximate surface area is 215 Å². The fourth-order valence-corrected chi connectivity index (χ4v) is 4.76. The van der Waals surface area contributed by atoms with Crippen LogP contribution in [0.4, 0.5) is 10.1 Å². The molecule has 1 aliphatic heterocycles. The highest BCUT2D eigenvalue weighted by Gasteiger charge is 2.25. The highest BCUT2D eigenvalue weighted by Crippen LogP contribution is 2.31. The number of carbonyl (C=O) groups is 2. The van der Waals surface area contributed by atoms with Crippen LogP contribution in [0.1, 0.15) is 50.6 Å². The fourth-order valence-electron chi connectivity index (χ4n) is 4.76. The summed E-state index contributed by atoms with van der Waals surface area (Å²) in [6.45, 7) is 3.15. The number of nitrogens with zero attached hydrogens (tertiary/aromatic N) is 4. The minimum absolute atomic E-state index is 0.0732. The van der Waals surface area contributed by atoms with Crippen LogP contribution in [-0.2, 0) is 7.05 Å². The van der Waals surface area contributed by atoms with Crippen LogP contribution in [0, 0.1) is 12.7 Å². The first kappa shape index (κ1) is 24.4. The summed E-state index contributed by atoms with van der Waals surface area (Å²) < 4.78 is 15.8. The zero-order valence-corrected chi connectivity index (χ0v) is 20.8. The van der Waals surface area contributed by atoms with Gasteiger partial charge in [-0.1, -0.05) is 30.3 Å². The van der Waals surface area contributed by atoms with E-state index in [4.69, 9.17) is 0 Å². The van der Waals surface area contributed by atoms with Crippen molar-refractivity contribution in [2.75, 3.05) is 18.4 Å². The first-order valence-electron chi connectivity index (χ1n) is 12.3. The molecule has 1 N–H and O–H groups in total. The average molecular weight is 498 g/mol. The van der Waals surface area contributed by atoms with Gasteiger partial charge in [0.1, 0.15) is 0 Å². The molecule has 1 saturated heterocycles. The predicted octanol–water partition coefficient (Wildman–Crippen LogP) is 5.20. The Balaban J connectivity index is 1.22. The number of pyridine rings is 1. The number of halogens is 1. The molecule has 0 saturated carbocycles. The summed E-state index contributed by atoms with van der Waals surface area (Å²) in [4.78, 5) is 31.4. The fraction of sp³-hybridized carbons (Fsp3) is 0.241. The molecular weight excluding hydrogens is 469 g/mol. The lowest BCUT2D eigenvalue weighted by atomic mass is 9.88. The SMILES string of the molecule is Cc1ccc(C(=O)N2CCC(c3ccc(-c4cnn(C)c4)cc3)CC2)cc1NC(=O)c1ccncc1F. The van der Waals surface area contributed by atoms with Crippen LogP contribution in [0.25, 0.3) is 11.1 Å². The molecular formula is C29H28FN5O2. The van der Waals surface area contributed by atoms with Gasteiger partial charge in [0.15, 0.2) is 5.82 Å². The van der Waals surface area contributed by atoms with Gasteiger partial charge in [0, 0.05) is 49.3 Å². The zero-order chi connectivity index (χ0) is 25.9. The molecule has 2 amide bonds. The molecule has 4 aromatic rings. The highest BCUT2D eigenvalue weighted by molar-refractivity contribution is 6.05. The third-order valence-corrected chi connectivity index (χ3v) is 6.95. The summed E-state index contributed by atoms with van der Waals surface area (Å²) in [5, 5.41) is 6.97. The summed E-state index contributed by atoms with van der Waals surface area (Å²) in [6, 6.07) is 15.2. The predicted molar refractivity (Wildman–Crippen MR) is 140 cm³/mol. The molecule has 37 heavy (non-hydrogen) atoms. The molecule has 0 bridgehead atoms. The minimum atomic E-state index is -0.695. The third-order valence-electron chi connectivity index (χ3n) is 6.95. The second kappa shape index (κ2) is 10.3. The Morgan fingerprint density at radius 3 is 2.43 bits per heavy atom. The van der Waals surface area contributed by atoms with Crippen molar-refractivity contribution in [3.05, 3.63) is 101 Å². The first-order chi connectivity index (χ1) is 17.9. The largest absolute Gasteiger partial charge is 0.339 e. The van der Waals surface area contributed by atoms with E-state index >= 15 is 0 Å². The van der Waals surface area contributed by atoms with Crippen LogP contribution < -0.4 is 5.32 Å². The van der Waals surface area contributed by atoms with E-state index in [1.807, 2.05) is 31.3 Å². The van der Waals surface area contributed by atoms with Crippen molar-refractivity contribution in [2.45, 2.75) is 25.7 Å². The second-order valence-corrected chi connectivity index (χ2v) is 9.43. The number of hydrogen-bond donors (Lipinski definition) is 1. The number of piperidine rings is 1.